The van der Waals surface area contributed by atoms with Crippen LogP contribution in [0.5, 0.6) is 0 Å². The Bertz CT molecular complexity index is 371. The zero-order valence-corrected chi connectivity index (χ0v) is 13.1. The highest BCUT2D eigenvalue weighted by Gasteiger charge is 2.44. The summed E-state index contributed by atoms with van der Waals surface area (Å²) in [5.74, 6) is -0.435. The van der Waals surface area contributed by atoms with Crippen molar-refractivity contribution in [1.82, 2.24) is 4.90 Å². The molecule has 8 unspecified atom stereocenters. The summed E-state index contributed by atoms with van der Waals surface area (Å²) < 4.78 is 10.4. The molecule has 6 N–H and O–H groups in total. The fraction of sp³-hybridized carbons (Fsp3) is 1.00. The van der Waals surface area contributed by atoms with E-state index in [1.54, 1.807) is 0 Å². The number of aliphatic hydroxyl groups is 6. The zero-order valence-electron chi connectivity index (χ0n) is 13.1. The molecule has 0 saturated carbocycles. The lowest BCUT2D eigenvalue weighted by Crippen LogP contribution is -2.59. The molecule has 0 aliphatic carbocycles. The Kier molecular flexibility index (Phi) is 6.72. The van der Waals surface area contributed by atoms with Crippen molar-refractivity contribution in [2.24, 2.45) is 5.92 Å². The fourth-order valence-electron chi connectivity index (χ4n) is 3.21. The summed E-state index contributed by atoms with van der Waals surface area (Å²) in [4.78, 5) is 1.85. The Morgan fingerprint density at radius 2 is 1.70 bits per heavy atom. The van der Waals surface area contributed by atoms with Crippen molar-refractivity contribution in [1.29, 1.82) is 0 Å². The summed E-state index contributed by atoms with van der Waals surface area (Å²) in [7, 11) is 1.34. The van der Waals surface area contributed by atoms with Crippen LogP contribution < -0.4 is 0 Å². The van der Waals surface area contributed by atoms with E-state index in [9.17, 15) is 30.6 Å². The summed E-state index contributed by atoms with van der Waals surface area (Å²) in [6.07, 6.45) is -7.24. The molecule has 2 fully saturated rings. The van der Waals surface area contributed by atoms with Gasteiger partial charge in [-0.25, -0.2) is 0 Å². The van der Waals surface area contributed by atoms with Crippen LogP contribution in [0, 0.1) is 5.92 Å². The molecule has 0 amide bonds. The lowest BCUT2D eigenvalue weighted by atomic mass is 9.92. The highest BCUT2D eigenvalue weighted by atomic mass is 16.7. The molecule has 9 heteroatoms. The van der Waals surface area contributed by atoms with Crippen molar-refractivity contribution in [3.8, 4) is 0 Å². The summed E-state index contributed by atoms with van der Waals surface area (Å²) in [6.45, 7) is 0.866. The number of hydrogen-bond donors (Lipinski definition) is 6. The van der Waals surface area contributed by atoms with Gasteiger partial charge in [0.25, 0.3) is 0 Å². The molecule has 9 nitrogen and oxygen atoms in total. The average Bonchev–Trinajstić information content (AvgIpc) is 2.55. The molecule has 0 spiro atoms. The summed E-state index contributed by atoms with van der Waals surface area (Å²) >= 11 is 0. The predicted molar refractivity (Wildman–Crippen MR) is 77.3 cm³/mol. The summed E-state index contributed by atoms with van der Waals surface area (Å²) in [5, 5.41) is 58.4. The Hall–Kier alpha value is -0.360. The molecule has 2 aliphatic rings. The number of methoxy groups -OCH3 is 1. The number of rotatable bonds is 5. The number of likely N-dealkylation sites (tertiary alicyclic amines) is 1. The van der Waals surface area contributed by atoms with Crippen LogP contribution in [-0.2, 0) is 9.47 Å². The third kappa shape index (κ3) is 4.19. The molecule has 0 aromatic rings. The molecule has 0 aromatic carbocycles. The average molecular weight is 337 g/mol. The first kappa shape index (κ1) is 19.0. The van der Waals surface area contributed by atoms with Gasteiger partial charge in [0, 0.05) is 39.3 Å². The number of nitrogens with zero attached hydrogens (tertiary/aromatic N) is 1. The van der Waals surface area contributed by atoms with E-state index < -0.39 is 48.8 Å². The van der Waals surface area contributed by atoms with E-state index >= 15 is 0 Å². The van der Waals surface area contributed by atoms with Crippen molar-refractivity contribution < 1.29 is 40.1 Å². The number of ether oxygens (including phenoxy) is 2. The highest BCUT2D eigenvalue weighted by Crippen LogP contribution is 2.25. The van der Waals surface area contributed by atoms with Crippen molar-refractivity contribution in [3.63, 3.8) is 0 Å². The smallest absolute Gasteiger partial charge is 0.186 e. The minimum Gasteiger partial charge on any atom is -0.396 e. The van der Waals surface area contributed by atoms with Gasteiger partial charge in [0.15, 0.2) is 6.29 Å². The monoisotopic (exact) mass is 337 g/mol. The first-order valence-electron chi connectivity index (χ1n) is 7.80. The zero-order chi connectivity index (χ0) is 17.1. The topological polar surface area (TPSA) is 143 Å². The van der Waals surface area contributed by atoms with Gasteiger partial charge in [-0.3, -0.25) is 0 Å². The van der Waals surface area contributed by atoms with Crippen molar-refractivity contribution in [2.45, 2.75) is 49.3 Å². The molecule has 2 rings (SSSR count). The lowest BCUT2D eigenvalue weighted by molar-refractivity contribution is -0.291. The number of piperidine rings is 1. The van der Waals surface area contributed by atoms with E-state index in [0.717, 1.165) is 0 Å². The third-order valence-corrected chi connectivity index (χ3v) is 4.68. The molecule has 8 atom stereocenters. The van der Waals surface area contributed by atoms with Crippen LogP contribution in [0.25, 0.3) is 0 Å². The van der Waals surface area contributed by atoms with Gasteiger partial charge >= 0.3 is 0 Å². The third-order valence-electron chi connectivity index (χ3n) is 4.68. The van der Waals surface area contributed by atoms with Crippen LogP contribution in [-0.4, -0.2) is 112 Å². The number of hydrogen-bond acceptors (Lipinski definition) is 9. The van der Waals surface area contributed by atoms with E-state index in [0.29, 0.717) is 19.5 Å². The lowest BCUT2D eigenvalue weighted by Gasteiger charge is -2.42. The molecule has 2 saturated heterocycles. The largest absolute Gasteiger partial charge is 0.396 e. The van der Waals surface area contributed by atoms with Crippen molar-refractivity contribution >= 4 is 0 Å². The van der Waals surface area contributed by atoms with Crippen molar-refractivity contribution in [3.05, 3.63) is 0 Å². The van der Waals surface area contributed by atoms with Gasteiger partial charge in [-0.15, -0.1) is 0 Å². The minimum atomic E-state index is -1.36. The van der Waals surface area contributed by atoms with Gasteiger partial charge in [-0.05, 0) is 6.42 Å². The van der Waals surface area contributed by atoms with Crippen LogP contribution >= 0.6 is 0 Å². The summed E-state index contributed by atoms with van der Waals surface area (Å²) in [6, 6.07) is 0. The maximum atomic E-state index is 10.0. The standard InChI is InChI=1S/C14H27NO8/c1-22-14-13(21)12(20)11(19)9(23-14)2-3-15-4-7(6-16)10(18)8(17)5-15/h7-14,16-21H,2-6H2,1H3. The van der Waals surface area contributed by atoms with Crippen LogP contribution in [0.1, 0.15) is 6.42 Å². The molecule has 2 heterocycles. The second-order valence-corrected chi connectivity index (χ2v) is 6.30. The molecule has 136 valence electrons. The first-order valence-corrected chi connectivity index (χ1v) is 7.80. The van der Waals surface area contributed by atoms with E-state index in [1.165, 1.54) is 7.11 Å². The van der Waals surface area contributed by atoms with Gasteiger partial charge in [-0.2, -0.15) is 0 Å². The Morgan fingerprint density at radius 3 is 2.30 bits per heavy atom. The Morgan fingerprint density at radius 1 is 1.00 bits per heavy atom. The molecule has 0 radical (unpaired) electrons. The van der Waals surface area contributed by atoms with Crippen LogP contribution in [0.15, 0.2) is 0 Å². The number of aliphatic hydroxyl groups excluding tert-OH is 6. The quantitative estimate of drug-likeness (QED) is 0.301. The molecule has 0 bridgehead atoms. The predicted octanol–water partition coefficient (Wildman–Crippen LogP) is -3.52. The van der Waals surface area contributed by atoms with Gasteiger partial charge in [0.2, 0.25) is 0 Å². The Labute approximate surface area is 134 Å². The highest BCUT2D eigenvalue weighted by molar-refractivity contribution is 4.91. The van der Waals surface area contributed by atoms with E-state index in [2.05, 4.69) is 0 Å². The van der Waals surface area contributed by atoms with Crippen molar-refractivity contribution in [2.75, 3.05) is 33.4 Å². The van der Waals surface area contributed by atoms with Crippen LogP contribution in [0.2, 0.25) is 0 Å². The molecule has 0 aromatic heterocycles. The van der Waals surface area contributed by atoms with E-state index in [-0.39, 0.29) is 13.2 Å². The van der Waals surface area contributed by atoms with Gasteiger partial charge in [-0.1, -0.05) is 0 Å². The molecular formula is C14H27NO8. The molecular weight excluding hydrogens is 310 g/mol. The van der Waals surface area contributed by atoms with Gasteiger partial charge in [0.05, 0.1) is 18.3 Å². The fourth-order valence-corrected chi connectivity index (χ4v) is 3.21. The Balaban J connectivity index is 1.89. The first-order chi connectivity index (χ1) is 10.9. The van der Waals surface area contributed by atoms with Gasteiger partial charge < -0.3 is 45.0 Å². The van der Waals surface area contributed by atoms with E-state index in [4.69, 9.17) is 9.47 Å². The molecule has 2 aliphatic heterocycles. The van der Waals surface area contributed by atoms with Gasteiger partial charge in [0.1, 0.15) is 18.3 Å². The minimum absolute atomic E-state index is 0.228. The van der Waals surface area contributed by atoms with E-state index in [1.807, 2.05) is 4.90 Å². The van der Waals surface area contributed by atoms with Crippen LogP contribution in [0.3, 0.4) is 0 Å². The molecule has 23 heavy (non-hydrogen) atoms. The maximum Gasteiger partial charge on any atom is 0.186 e. The second-order valence-electron chi connectivity index (χ2n) is 6.30. The summed E-state index contributed by atoms with van der Waals surface area (Å²) in [5.41, 5.74) is 0. The van der Waals surface area contributed by atoms with Crippen LogP contribution in [0.4, 0.5) is 0 Å². The second kappa shape index (κ2) is 8.15. The SMILES string of the molecule is COC1OC(CCN2CC(O)C(O)C(CO)C2)C(O)C(O)C1O. The maximum absolute atomic E-state index is 10.0. The normalized spacial score (nSPS) is 46.0. The number of β-amino-alcohol motifs (C(OH)–C–C–N with tert-alkyl or cyclic N) is 1.